The molecule has 0 aliphatic heterocycles. The van der Waals surface area contributed by atoms with Crippen molar-refractivity contribution in [3.8, 4) is 0 Å². The van der Waals surface area contributed by atoms with Crippen molar-refractivity contribution >= 4 is 33.3 Å². The Morgan fingerprint density at radius 1 is 1.53 bits per heavy atom. The molecule has 0 amide bonds. The maximum absolute atomic E-state index is 6.02. The summed E-state index contributed by atoms with van der Waals surface area (Å²) in [6.45, 7) is 5.53. The van der Waals surface area contributed by atoms with Crippen LogP contribution in [0.15, 0.2) is 16.7 Å². The van der Waals surface area contributed by atoms with Crippen LogP contribution in [0.3, 0.4) is 0 Å². The van der Waals surface area contributed by atoms with Crippen molar-refractivity contribution in [2.75, 3.05) is 11.4 Å². The molecule has 0 spiro atoms. The quantitative estimate of drug-likeness (QED) is 0.756. The molecule has 1 fully saturated rings. The van der Waals surface area contributed by atoms with E-state index in [1.807, 2.05) is 6.20 Å². The second kappa shape index (κ2) is 5.57. The molecular formula is C13H18BrClN2. The molecule has 0 saturated heterocycles. The number of pyridine rings is 1. The Morgan fingerprint density at radius 2 is 2.24 bits per heavy atom. The Labute approximate surface area is 116 Å². The molecule has 1 heterocycles. The van der Waals surface area contributed by atoms with E-state index in [0.29, 0.717) is 11.9 Å². The fourth-order valence-corrected chi connectivity index (χ4v) is 2.53. The van der Waals surface area contributed by atoms with E-state index in [1.54, 1.807) is 0 Å². The van der Waals surface area contributed by atoms with Crippen molar-refractivity contribution in [2.24, 2.45) is 5.92 Å². The summed E-state index contributed by atoms with van der Waals surface area (Å²) in [5, 5.41) is 0. The Kier molecular flexibility index (Phi) is 4.31. The standard InChI is InChI=1S/C13H18BrClN2/c1-9(2)17(8-10-3-4-10)13-11(6-15)5-12(14)7-16-13/h5,7,9-10H,3-4,6,8H2,1-2H3. The monoisotopic (exact) mass is 316 g/mol. The summed E-state index contributed by atoms with van der Waals surface area (Å²) < 4.78 is 0.993. The van der Waals surface area contributed by atoms with Gasteiger partial charge in [0.1, 0.15) is 5.82 Å². The Bertz CT molecular complexity index is 391. The fraction of sp³-hybridized carbons (Fsp3) is 0.615. The first-order valence-corrected chi connectivity index (χ1v) is 7.41. The molecule has 0 atom stereocenters. The Balaban J connectivity index is 2.26. The maximum atomic E-state index is 6.02. The highest BCUT2D eigenvalue weighted by Gasteiger charge is 2.27. The van der Waals surface area contributed by atoms with Crippen LogP contribution in [0.4, 0.5) is 5.82 Å². The zero-order chi connectivity index (χ0) is 12.4. The van der Waals surface area contributed by atoms with Crippen LogP contribution in [-0.2, 0) is 5.88 Å². The minimum absolute atomic E-state index is 0.464. The number of halogens is 2. The first-order chi connectivity index (χ1) is 8.11. The molecule has 0 radical (unpaired) electrons. The van der Waals surface area contributed by atoms with Crippen molar-refractivity contribution in [1.29, 1.82) is 0 Å². The minimum atomic E-state index is 0.464. The maximum Gasteiger partial charge on any atom is 0.133 e. The number of rotatable bonds is 5. The third-order valence-corrected chi connectivity index (χ3v) is 3.82. The van der Waals surface area contributed by atoms with Gasteiger partial charge in [-0.1, -0.05) is 0 Å². The highest BCUT2D eigenvalue weighted by atomic mass is 79.9. The Morgan fingerprint density at radius 3 is 2.76 bits per heavy atom. The van der Waals surface area contributed by atoms with E-state index in [0.717, 1.165) is 28.3 Å². The number of hydrogen-bond donors (Lipinski definition) is 0. The normalized spacial score (nSPS) is 15.4. The molecule has 2 nitrogen and oxygen atoms in total. The molecule has 1 aromatic rings. The molecule has 2 rings (SSSR count). The van der Waals surface area contributed by atoms with Crippen molar-refractivity contribution in [3.63, 3.8) is 0 Å². The molecule has 1 aliphatic carbocycles. The highest BCUT2D eigenvalue weighted by Crippen LogP contribution is 2.33. The summed E-state index contributed by atoms with van der Waals surface area (Å²) in [6, 6.07) is 2.53. The second-order valence-electron chi connectivity index (χ2n) is 4.96. The van der Waals surface area contributed by atoms with Crippen molar-refractivity contribution in [1.82, 2.24) is 4.98 Å². The summed E-state index contributed by atoms with van der Waals surface area (Å²) in [6.07, 6.45) is 4.57. The number of aromatic nitrogens is 1. The van der Waals surface area contributed by atoms with Crippen molar-refractivity contribution < 1.29 is 0 Å². The number of alkyl halides is 1. The van der Waals surface area contributed by atoms with Crippen LogP contribution in [0.5, 0.6) is 0 Å². The first kappa shape index (κ1) is 13.2. The van der Waals surface area contributed by atoms with Crippen LogP contribution < -0.4 is 4.90 Å². The smallest absolute Gasteiger partial charge is 0.133 e. The summed E-state index contributed by atoms with van der Waals surface area (Å²) in [5.41, 5.74) is 1.11. The molecule has 0 unspecified atom stereocenters. The van der Waals surface area contributed by atoms with Gasteiger partial charge in [0.15, 0.2) is 0 Å². The molecule has 17 heavy (non-hydrogen) atoms. The third kappa shape index (κ3) is 3.35. The van der Waals surface area contributed by atoms with Gasteiger partial charge < -0.3 is 4.90 Å². The third-order valence-electron chi connectivity index (χ3n) is 3.10. The van der Waals surface area contributed by atoms with Crippen LogP contribution in [0.25, 0.3) is 0 Å². The van der Waals surface area contributed by atoms with E-state index in [-0.39, 0.29) is 0 Å². The van der Waals surface area contributed by atoms with Gasteiger partial charge in [-0.3, -0.25) is 0 Å². The van der Waals surface area contributed by atoms with Gasteiger partial charge in [-0.05, 0) is 54.6 Å². The molecule has 4 heteroatoms. The van der Waals surface area contributed by atoms with Crippen molar-refractivity contribution in [3.05, 3.63) is 22.3 Å². The average molecular weight is 318 g/mol. The van der Waals surface area contributed by atoms with Crippen LogP contribution in [-0.4, -0.2) is 17.6 Å². The lowest BCUT2D eigenvalue weighted by atomic mass is 10.2. The molecule has 0 N–H and O–H groups in total. The van der Waals surface area contributed by atoms with Crippen LogP contribution >= 0.6 is 27.5 Å². The zero-order valence-corrected chi connectivity index (χ0v) is 12.6. The average Bonchev–Trinajstić information content (AvgIpc) is 3.09. The van der Waals surface area contributed by atoms with E-state index < -0.39 is 0 Å². The molecule has 0 aromatic carbocycles. The molecule has 1 aliphatic rings. The Hall–Kier alpha value is -0.280. The van der Waals surface area contributed by atoms with Gasteiger partial charge in [0.05, 0.1) is 5.88 Å². The van der Waals surface area contributed by atoms with Crippen LogP contribution in [0.2, 0.25) is 0 Å². The second-order valence-corrected chi connectivity index (χ2v) is 6.14. The van der Waals surface area contributed by atoms with Gasteiger partial charge in [0.2, 0.25) is 0 Å². The van der Waals surface area contributed by atoms with E-state index in [4.69, 9.17) is 11.6 Å². The summed E-state index contributed by atoms with van der Waals surface area (Å²) in [7, 11) is 0. The number of nitrogens with zero attached hydrogens (tertiary/aromatic N) is 2. The van der Waals surface area contributed by atoms with Gasteiger partial charge in [-0.2, -0.15) is 0 Å². The lowest BCUT2D eigenvalue weighted by molar-refractivity contribution is 0.634. The topological polar surface area (TPSA) is 16.1 Å². The highest BCUT2D eigenvalue weighted by molar-refractivity contribution is 9.10. The van der Waals surface area contributed by atoms with E-state index in [9.17, 15) is 0 Å². The van der Waals surface area contributed by atoms with Gasteiger partial charge in [-0.25, -0.2) is 4.98 Å². The van der Waals surface area contributed by atoms with E-state index in [1.165, 1.54) is 12.8 Å². The lowest BCUT2D eigenvalue weighted by Gasteiger charge is -2.29. The van der Waals surface area contributed by atoms with Crippen LogP contribution in [0.1, 0.15) is 32.3 Å². The van der Waals surface area contributed by atoms with Gasteiger partial charge in [0, 0.05) is 28.8 Å². The van der Waals surface area contributed by atoms with E-state index in [2.05, 4.69) is 45.7 Å². The summed E-state index contributed by atoms with van der Waals surface area (Å²) >= 11 is 9.46. The predicted octanol–water partition coefficient (Wildman–Crippen LogP) is 4.21. The number of hydrogen-bond acceptors (Lipinski definition) is 2. The minimum Gasteiger partial charge on any atom is -0.354 e. The van der Waals surface area contributed by atoms with Crippen molar-refractivity contribution in [2.45, 2.75) is 38.6 Å². The molecule has 0 bridgehead atoms. The predicted molar refractivity (Wildman–Crippen MR) is 76.7 cm³/mol. The SMILES string of the molecule is CC(C)N(CC1CC1)c1ncc(Br)cc1CCl. The van der Waals surface area contributed by atoms with Gasteiger partial charge >= 0.3 is 0 Å². The van der Waals surface area contributed by atoms with Gasteiger partial charge in [-0.15, -0.1) is 11.6 Å². The molecule has 1 saturated carbocycles. The van der Waals surface area contributed by atoms with E-state index >= 15 is 0 Å². The fourth-order valence-electron chi connectivity index (χ4n) is 1.95. The number of anilines is 1. The largest absolute Gasteiger partial charge is 0.354 e. The van der Waals surface area contributed by atoms with Crippen LogP contribution in [0, 0.1) is 5.92 Å². The lowest BCUT2D eigenvalue weighted by Crippen LogP contribution is -2.34. The summed E-state index contributed by atoms with van der Waals surface area (Å²) in [4.78, 5) is 6.92. The zero-order valence-electron chi connectivity index (χ0n) is 10.3. The molecular weight excluding hydrogens is 300 g/mol. The molecule has 94 valence electrons. The summed E-state index contributed by atoms with van der Waals surface area (Å²) in [5.74, 6) is 2.41. The first-order valence-electron chi connectivity index (χ1n) is 6.09. The molecule has 1 aromatic heterocycles. The van der Waals surface area contributed by atoms with Gasteiger partial charge in [0.25, 0.3) is 0 Å².